The minimum atomic E-state index is -2.27. The minimum Gasteiger partial charge on any atom is -1.00 e. The summed E-state index contributed by atoms with van der Waals surface area (Å²) in [5, 5.41) is 32.5. The van der Waals surface area contributed by atoms with Crippen LogP contribution in [0.1, 0.15) is 1.43 Å². The molecule has 0 rings (SSSR count). The third-order valence-electron chi connectivity index (χ3n) is 0.805. The van der Waals surface area contributed by atoms with E-state index in [2.05, 4.69) is 0 Å². The Morgan fingerprint density at radius 3 is 1.25 bits per heavy atom. The van der Waals surface area contributed by atoms with Gasteiger partial charge in [-0.25, -0.2) is 9.59 Å². The third-order valence-corrected chi connectivity index (χ3v) is 0.805. The predicted octanol–water partition coefficient (Wildman–Crippen LogP) is -5.39. The maximum absolute atomic E-state index is 9.77. The minimum absolute atomic E-state index is 0. The zero-order valence-corrected chi connectivity index (χ0v) is 10.8. The second-order valence-electron chi connectivity index (χ2n) is 1.57. The van der Waals surface area contributed by atoms with E-state index in [0.29, 0.717) is 0 Å². The van der Waals surface area contributed by atoms with Gasteiger partial charge in [0.15, 0.2) is 12.2 Å². The van der Waals surface area contributed by atoms with Gasteiger partial charge in [-0.15, -0.1) is 0 Å². The molecule has 3 radical (unpaired) electrons. The molecule has 0 fully saturated rings. The Balaban J connectivity index is -0.000000135. The molecule has 4 N–H and O–H groups in total. The summed E-state index contributed by atoms with van der Waals surface area (Å²) in [6.45, 7) is 0. The Morgan fingerprint density at radius 1 is 1.00 bits per heavy atom. The van der Waals surface area contributed by atoms with Crippen LogP contribution in [-0.4, -0.2) is 69.0 Å². The van der Waals surface area contributed by atoms with Crippen LogP contribution in [0.15, 0.2) is 0 Å². The number of aliphatic hydroxyl groups is 2. The van der Waals surface area contributed by atoms with E-state index in [1.165, 1.54) is 0 Å². The first-order chi connectivity index (χ1) is 4.46. The SMILES string of the molecule is O=C(O)C(O)C(O)C(=O)O.[H-].[Na+].[Sb]. The third kappa shape index (κ3) is 6.22. The van der Waals surface area contributed by atoms with Crippen molar-refractivity contribution in [2.24, 2.45) is 0 Å². The van der Waals surface area contributed by atoms with Crippen molar-refractivity contribution >= 4 is 36.4 Å². The second kappa shape index (κ2) is 8.28. The van der Waals surface area contributed by atoms with Crippen molar-refractivity contribution < 1.29 is 61.0 Å². The molecule has 65 valence electrons. The molecule has 0 bridgehead atoms. The molecule has 0 aromatic carbocycles. The molecule has 0 heterocycles. The molecule has 0 spiro atoms. The number of carboxylic acid groups (broad SMARTS) is 2. The molecule has 0 aliphatic rings. The summed E-state index contributed by atoms with van der Waals surface area (Å²) in [5.74, 6) is -3.54. The van der Waals surface area contributed by atoms with E-state index >= 15 is 0 Å². The van der Waals surface area contributed by atoms with Gasteiger partial charge in [-0.2, -0.15) is 0 Å². The maximum atomic E-state index is 9.77. The Kier molecular flexibility index (Phi) is 12.7. The molecule has 12 heavy (non-hydrogen) atoms. The molecule has 0 amide bonds. The largest absolute Gasteiger partial charge is 1.00 e. The summed E-state index contributed by atoms with van der Waals surface area (Å²) >= 11 is 0. The fourth-order valence-corrected chi connectivity index (χ4v) is 0.270. The average Bonchev–Trinajstić information content (AvgIpc) is 1.84. The van der Waals surface area contributed by atoms with Crippen LogP contribution in [0.4, 0.5) is 0 Å². The molecule has 0 aliphatic carbocycles. The van der Waals surface area contributed by atoms with Crippen molar-refractivity contribution in [2.75, 3.05) is 0 Å². The molecular weight excluding hydrogens is 289 g/mol. The van der Waals surface area contributed by atoms with Crippen LogP contribution in [0.5, 0.6) is 0 Å². The zero-order chi connectivity index (χ0) is 8.31. The molecule has 8 heteroatoms. The zero-order valence-electron chi connectivity index (χ0n) is 7.21. The van der Waals surface area contributed by atoms with Gasteiger partial charge >= 0.3 is 41.5 Å². The summed E-state index contributed by atoms with van der Waals surface area (Å²) in [5.41, 5.74) is 0. The summed E-state index contributed by atoms with van der Waals surface area (Å²) in [6.07, 6.45) is -4.53. The quantitative estimate of drug-likeness (QED) is 0.387. The van der Waals surface area contributed by atoms with E-state index in [-0.39, 0.29) is 55.4 Å². The fourth-order valence-electron chi connectivity index (χ4n) is 0.270. The first-order valence-corrected chi connectivity index (χ1v) is 2.28. The summed E-state index contributed by atoms with van der Waals surface area (Å²) in [4.78, 5) is 19.5. The molecule has 0 saturated carbocycles. The maximum Gasteiger partial charge on any atom is 1.00 e. The molecule has 2 atom stereocenters. The topological polar surface area (TPSA) is 115 Å². The van der Waals surface area contributed by atoms with Crippen LogP contribution < -0.4 is 29.6 Å². The summed E-state index contributed by atoms with van der Waals surface area (Å²) < 4.78 is 0. The second-order valence-corrected chi connectivity index (χ2v) is 1.57. The molecule has 0 aromatic heterocycles. The summed E-state index contributed by atoms with van der Waals surface area (Å²) in [7, 11) is 0. The van der Waals surface area contributed by atoms with Crippen LogP contribution >= 0.6 is 0 Å². The van der Waals surface area contributed by atoms with Gasteiger partial charge in [-0.1, -0.05) is 0 Å². The smallest absolute Gasteiger partial charge is 1.00 e. The van der Waals surface area contributed by atoms with E-state index in [9.17, 15) is 9.59 Å². The normalized spacial score (nSPS) is 13.2. The molecule has 0 aliphatic heterocycles. The van der Waals surface area contributed by atoms with Gasteiger partial charge in [0.05, 0.1) is 0 Å². The summed E-state index contributed by atoms with van der Waals surface area (Å²) in [6, 6.07) is 0. The molecular formula is C4H7NaO6Sb. The van der Waals surface area contributed by atoms with Gasteiger partial charge in [0.2, 0.25) is 0 Å². The predicted molar refractivity (Wildman–Crippen MR) is 34.2 cm³/mol. The number of aliphatic carboxylic acids is 2. The van der Waals surface area contributed by atoms with Gasteiger partial charge in [-0.05, 0) is 0 Å². The number of carbonyl (C=O) groups is 2. The van der Waals surface area contributed by atoms with Crippen molar-refractivity contribution in [3.8, 4) is 0 Å². The Bertz CT molecular complexity index is 149. The molecule has 6 nitrogen and oxygen atoms in total. The Labute approximate surface area is 109 Å². The van der Waals surface area contributed by atoms with E-state index in [1.807, 2.05) is 0 Å². The number of rotatable bonds is 3. The van der Waals surface area contributed by atoms with E-state index < -0.39 is 24.1 Å². The molecule has 2 unspecified atom stereocenters. The average molecular weight is 296 g/mol. The molecule has 0 aromatic rings. The first kappa shape index (κ1) is 18.5. The van der Waals surface area contributed by atoms with Gasteiger partial charge < -0.3 is 21.9 Å². The number of hydrogen-bond donors (Lipinski definition) is 4. The van der Waals surface area contributed by atoms with Gasteiger partial charge in [0.25, 0.3) is 0 Å². The molecule has 0 saturated heterocycles. The monoisotopic (exact) mass is 295 g/mol. The number of carboxylic acids is 2. The van der Waals surface area contributed by atoms with Gasteiger partial charge in [0, 0.05) is 24.4 Å². The van der Waals surface area contributed by atoms with Crippen LogP contribution in [-0.2, 0) is 9.59 Å². The number of hydrogen-bond acceptors (Lipinski definition) is 4. The van der Waals surface area contributed by atoms with E-state index in [0.717, 1.165) is 0 Å². The Hall–Kier alpha value is 0.678. The van der Waals surface area contributed by atoms with Crippen LogP contribution in [0, 0.1) is 0 Å². The van der Waals surface area contributed by atoms with Crippen molar-refractivity contribution in [1.82, 2.24) is 0 Å². The van der Waals surface area contributed by atoms with Crippen molar-refractivity contribution in [2.45, 2.75) is 12.2 Å². The van der Waals surface area contributed by atoms with Crippen LogP contribution in [0.25, 0.3) is 0 Å². The Morgan fingerprint density at radius 2 is 1.17 bits per heavy atom. The standard InChI is InChI=1S/C4H6O6.Na.Sb.H/c5-1(3(7)8)2(6)4(9)10;;;/h1-2,5-6H,(H,7,8)(H,9,10);;;/q;+1;;-1. The van der Waals surface area contributed by atoms with Crippen molar-refractivity contribution in [3.63, 3.8) is 0 Å². The van der Waals surface area contributed by atoms with E-state index in [1.54, 1.807) is 0 Å². The van der Waals surface area contributed by atoms with Crippen LogP contribution in [0.3, 0.4) is 0 Å². The van der Waals surface area contributed by atoms with Crippen molar-refractivity contribution in [3.05, 3.63) is 0 Å². The van der Waals surface area contributed by atoms with Gasteiger partial charge in [0.1, 0.15) is 0 Å². The number of aliphatic hydroxyl groups excluding tert-OH is 2. The first-order valence-electron chi connectivity index (χ1n) is 2.28. The van der Waals surface area contributed by atoms with E-state index in [4.69, 9.17) is 20.4 Å². The fraction of sp³-hybridized carbons (Fsp3) is 0.500. The van der Waals surface area contributed by atoms with Crippen molar-refractivity contribution in [1.29, 1.82) is 0 Å². The van der Waals surface area contributed by atoms with Gasteiger partial charge in [-0.3, -0.25) is 0 Å². The van der Waals surface area contributed by atoms with Crippen LogP contribution in [0.2, 0.25) is 0 Å².